The Morgan fingerprint density at radius 1 is 0.789 bits per heavy atom. The van der Waals surface area contributed by atoms with Crippen molar-refractivity contribution in [1.82, 2.24) is 16.0 Å². The zero-order valence-electron chi connectivity index (χ0n) is 22.2. The minimum atomic E-state index is -1.15. The molecule has 0 aliphatic rings. The van der Waals surface area contributed by atoms with Crippen molar-refractivity contribution >= 4 is 35.5 Å². The number of amides is 3. The number of nitrogens with one attached hydrogen (secondary N) is 3. The molecule has 0 spiro atoms. The van der Waals surface area contributed by atoms with Gasteiger partial charge in [0.1, 0.15) is 18.1 Å². The van der Waals surface area contributed by atoms with E-state index in [9.17, 15) is 24.3 Å². The monoisotopic (exact) mass is 552 g/mol. The molecule has 0 heterocycles. The van der Waals surface area contributed by atoms with Crippen LogP contribution in [0.15, 0.2) is 30.3 Å². The van der Waals surface area contributed by atoms with E-state index in [1.165, 1.54) is 11.8 Å². The van der Waals surface area contributed by atoms with Crippen LogP contribution in [0.4, 0.5) is 0 Å². The minimum absolute atomic E-state index is 0.196. The summed E-state index contributed by atoms with van der Waals surface area (Å²) >= 11 is 1.49. The number of aliphatic carboxylic acids is 1. The fraction of sp³-hybridized carbons (Fsp3) is 0.615. The van der Waals surface area contributed by atoms with Crippen molar-refractivity contribution in [3.8, 4) is 0 Å². The van der Waals surface area contributed by atoms with Crippen molar-refractivity contribution in [2.24, 2.45) is 17.2 Å². The molecule has 38 heavy (non-hydrogen) atoms. The predicted octanol–water partition coefficient (Wildman–Crippen LogP) is 0.107. The molecule has 0 aliphatic carbocycles. The maximum Gasteiger partial charge on any atom is 0.326 e. The molecule has 0 bridgehead atoms. The number of hydrogen-bond donors (Lipinski definition) is 7. The van der Waals surface area contributed by atoms with Gasteiger partial charge in [0, 0.05) is 6.42 Å². The second-order valence-electron chi connectivity index (χ2n) is 9.17. The highest BCUT2D eigenvalue weighted by molar-refractivity contribution is 7.98. The number of carboxylic acids is 1. The number of thioether (sulfide) groups is 1. The number of rotatable bonds is 20. The molecule has 0 fully saturated rings. The summed E-state index contributed by atoms with van der Waals surface area (Å²) in [5.74, 6) is -2.19. The number of carboxylic acid groups (broad SMARTS) is 1. The summed E-state index contributed by atoms with van der Waals surface area (Å²) in [6, 6.07) is 5.34. The summed E-state index contributed by atoms with van der Waals surface area (Å²) in [5, 5.41) is 17.5. The summed E-state index contributed by atoms with van der Waals surface area (Å²) in [6.45, 7) is 0.931. The molecule has 4 atom stereocenters. The van der Waals surface area contributed by atoms with Crippen molar-refractivity contribution < 1.29 is 24.3 Å². The average molecular weight is 553 g/mol. The Morgan fingerprint density at radius 3 is 1.92 bits per heavy atom. The molecule has 0 saturated carbocycles. The second-order valence-corrected chi connectivity index (χ2v) is 10.2. The van der Waals surface area contributed by atoms with Crippen molar-refractivity contribution in [3.63, 3.8) is 0 Å². The molecule has 0 aliphatic heterocycles. The van der Waals surface area contributed by atoms with Crippen LogP contribution >= 0.6 is 11.8 Å². The molecule has 11 nitrogen and oxygen atoms in total. The highest BCUT2D eigenvalue weighted by Gasteiger charge is 2.30. The molecule has 12 heteroatoms. The first-order valence-corrected chi connectivity index (χ1v) is 14.4. The van der Waals surface area contributed by atoms with Gasteiger partial charge in [-0.1, -0.05) is 36.8 Å². The Morgan fingerprint density at radius 2 is 1.34 bits per heavy atom. The normalized spacial score (nSPS) is 14.1. The van der Waals surface area contributed by atoms with E-state index in [2.05, 4.69) is 16.0 Å². The van der Waals surface area contributed by atoms with Crippen LogP contribution in [0.25, 0.3) is 0 Å². The second kappa shape index (κ2) is 19.4. The van der Waals surface area contributed by atoms with Gasteiger partial charge < -0.3 is 38.3 Å². The van der Waals surface area contributed by atoms with Gasteiger partial charge in [-0.05, 0) is 69.2 Å². The summed E-state index contributed by atoms with van der Waals surface area (Å²) < 4.78 is 0. The summed E-state index contributed by atoms with van der Waals surface area (Å²) in [7, 11) is 0. The van der Waals surface area contributed by atoms with Gasteiger partial charge in [-0.15, -0.1) is 0 Å². The third kappa shape index (κ3) is 13.2. The van der Waals surface area contributed by atoms with Gasteiger partial charge in [0.15, 0.2) is 0 Å². The number of nitrogens with two attached hydrogens (primary N) is 3. The van der Waals surface area contributed by atoms with Crippen LogP contribution in [0.5, 0.6) is 0 Å². The number of carbonyl (C=O) groups excluding carboxylic acids is 3. The number of carbonyl (C=O) groups is 4. The first-order valence-electron chi connectivity index (χ1n) is 13.1. The lowest BCUT2D eigenvalue weighted by molar-refractivity contribution is -0.142. The molecule has 0 aromatic heterocycles. The van der Waals surface area contributed by atoms with E-state index in [0.717, 1.165) is 12.0 Å². The maximum absolute atomic E-state index is 13.4. The largest absolute Gasteiger partial charge is 0.480 e. The molecule has 0 radical (unpaired) electrons. The molecule has 10 N–H and O–H groups in total. The van der Waals surface area contributed by atoms with Crippen molar-refractivity contribution in [3.05, 3.63) is 35.9 Å². The highest BCUT2D eigenvalue weighted by Crippen LogP contribution is 2.09. The van der Waals surface area contributed by atoms with E-state index in [0.29, 0.717) is 50.9 Å². The fourth-order valence-electron chi connectivity index (χ4n) is 3.78. The van der Waals surface area contributed by atoms with Gasteiger partial charge in [0.25, 0.3) is 0 Å². The summed E-state index contributed by atoms with van der Waals surface area (Å²) in [6.07, 6.45) is 5.64. The van der Waals surface area contributed by atoms with E-state index >= 15 is 0 Å². The zero-order chi connectivity index (χ0) is 28.3. The third-order valence-electron chi connectivity index (χ3n) is 6.03. The molecule has 1 rings (SSSR count). The van der Waals surface area contributed by atoms with E-state index < -0.39 is 47.9 Å². The van der Waals surface area contributed by atoms with Crippen LogP contribution in [0.1, 0.15) is 50.5 Å². The van der Waals surface area contributed by atoms with Crippen LogP contribution in [0.2, 0.25) is 0 Å². The van der Waals surface area contributed by atoms with E-state index in [1.54, 1.807) is 0 Å². The van der Waals surface area contributed by atoms with Gasteiger partial charge in [-0.25, -0.2) is 4.79 Å². The van der Waals surface area contributed by atoms with Gasteiger partial charge in [0.05, 0.1) is 6.04 Å². The van der Waals surface area contributed by atoms with Gasteiger partial charge in [-0.2, -0.15) is 11.8 Å². The van der Waals surface area contributed by atoms with Gasteiger partial charge in [0.2, 0.25) is 17.7 Å². The summed E-state index contributed by atoms with van der Waals surface area (Å²) in [4.78, 5) is 50.9. The Labute approximate surface area is 229 Å². The maximum atomic E-state index is 13.4. The van der Waals surface area contributed by atoms with Crippen LogP contribution in [-0.2, 0) is 25.6 Å². The number of benzene rings is 1. The van der Waals surface area contributed by atoms with E-state index in [4.69, 9.17) is 17.2 Å². The minimum Gasteiger partial charge on any atom is -0.480 e. The van der Waals surface area contributed by atoms with Crippen molar-refractivity contribution in [2.75, 3.05) is 25.1 Å². The zero-order valence-corrected chi connectivity index (χ0v) is 23.0. The lowest BCUT2D eigenvalue weighted by Crippen LogP contribution is -2.57. The SMILES string of the molecule is CSCCC(NC(=O)C(Cc1ccccc1)NC(=O)C(N)CCCCN)C(=O)NC(CCCCN)C(=O)O. The predicted molar refractivity (Wildman–Crippen MR) is 150 cm³/mol. The van der Waals surface area contributed by atoms with Crippen LogP contribution in [0, 0.1) is 0 Å². The molecule has 3 amide bonds. The van der Waals surface area contributed by atoms with Crippen LogP contribution in [-0.4, -0.2) is 78.1 Å². The Hall–Kier alpha value is -2.67. The molecule has 0 saturated heterocycles. The fourth-order valence-corrected chi connectivity index (χ4v) is 4.25. The average Bonchev–Trinajstić information content (AvgIpc) is 2.90. The Bertz CT molecular complexity index is 860. The molecular weight excluding hydrogens is 508 g/mol. The number of unbranched alkanes of at least 4 members (excludes halogenated alkanes) is 2. The van der Waals surface area contributed by atoms with Crippen LogP contribution in [0.3, 0.4) is 0 Å². The highest BCUT2D eigenvalue weighted by atomic mass is 32.2. The van der Waals surface area contributed by atoms with Crippen molar-refractivity contribution in [2.45, 2.75) is 75.5 Å². The van der Waals surface area contributed by atoms with Gasteiger partial charge in [-0.3, -0.25) is 14.4 Å². The van der Waals surface area contributed by atoms with Crippen LogP contribution < -0.4 is 33.2 Å². The smallest absolute Gasteiger partial charge is 0.326 e. The third-order valence-corrected chi connectivity index (χ3v) is 6.67. The number of hydrogen-bond acceptors (Lipinski definition) is 8. The molecule has 1 aromatic carbocycles. The van der Waals surface area contributed by atoms with E-state index in [1.807, 2.05) is 36.6 Å². The topological polar surface area (TPSA) is 203 Å². The van der Waals surface area contributed by atoms with Crippen molar-refractivity contribution in [1.29, 1.82) is 0 Å². The molecule has 4 unspecified atom stereocenters. The Balaban J connectivity index is 3.01. The molecular formula is C26H44N6O5S. The van der Waals surface area contributed by atoms with Gasteiger partial charge >= 0.3 is 5.97 Å². The lowest BCUT2D eigenvalue weighted by Gasteiger charge is -2.25. The lowest BCUT2D eigenvalue weighted by atomic mass is 10.0. The molecule has 1 aromatic rings. The Kier molecular flexibility index (Phi) is 17.0. The standard InChI is InChI=1S/C26H44N6O5S/c1-38-16-13-20(24(34)31-21(26(36)37)12-6-8-15-28)30-25(35)22(17-18-9-3-2-4-10-18)32-23(33)19(29)11-5-7-14-27/h2-4,9-10,19-22H,5-8,11-17,27-29H2,1H3,(H,30,35)(H,31,34)(H,32,33)(H,36,37). The van der Waals surface area contributed by atoms with E-state index in [-0.39, 0.29) is 12.8 Å². The first-order chi connectivity index (χ1) is 18.2. The first kappa shape index (κ1) is 33.4. The quantitative estimate of drug-likeness (QED) is 0.110. The summed E-state index contributed by atoms with van der Waals surface area (Å²) in [5.41, 5.74) is 17.9. The molecule has 214 valence electrons.